The number of nitrogens with zero attached hydrogens (tertiary/aromatic N) is 4. The van der Waals surface area contributed by atoms with E-state index in [1.54, 1.807) is 30.8 Å². The summed E-state index contributed by atoms with van der Waals surface area (Å²) < 4.78 is 1.82. The molecule has 0 saturated heterocycles. The topological polar surface area (TPSA) is 74.5 Å². The van der Waals surface area contributed by atoms with Crippen LogP contribution in [-0.4, -0.2) is 59.5 Å². The number of thioether (sulfide) groups is 1. The van der Waals surface area contributed by atoms with E-state index in [4.69, 9.17) is 0 Å². The van der Waals surface area contributed by atoms with E-state index in [0.717, 1.165) is 30.0 Å². The van der Waals surface area contributed by atoms with Crippen molar-refractivity contribution in [2.45, 2.75) is 24.8 Å². The lowest BCUT2D eigenvalue weighted by Gasteiger charge is -2.15. The van der Waals surface area contributed by atoms with Crippen molar-refractivity contribution in [2.24, 2.45) is 12.0 Å². The van der Waals surface area contributed by atoms with Crippen molar-refractivity contribution in [2.75, 3.05) is 32.9 Å². The second kappa shape index (κ2) is 11.4. The highest BCUT2D eigenvalue weighted by Gasteiger charge is 2.08. The van der Waals surface area contributed by atoms with Gasteiger partial charge in [0.05, 0.1) is 18.8 Å². The van der Waals surface area contributed by atoms with Crippen molar-refractivity contribution >= 4 is 23.6 Å². The fraction of sp³-hybridized carbons (Fsp3) is 0.450. The molecule has 0 saturated carbocycles. The van der Waals surface area contributed by atoms with Gasteiger partial charge in [-0.25, -0.2) is 4.99 Å². The van der Waals surface area contributed by atoms with Crippen molar-refractivity contribution in [3.8, 4) is 0 Å². The molecule has 0 aliphatic carbocycles. The molecule has 1 heterocycles. The normalized spacial score (nSPS) is 11.4. The summed E-state index contributed by atoms with van der Waals surface area (Å²) in [7, 11) is 5.40. The maximum absolute atomic E-state index is 11.9. The second-order valence-corrected chi connectivity index (χ2v) is 7.69. The number of aromatic nitrogens is 2. The van der Waals surface area contributed by atoms with Gasteiger partial charge in [-0.3, -0.25) is 9.48 Å². The summed E-state index contributed by atoms with van der Waals surface area (Å²) >= 11 is 1.78. The molecule has 2 aromatic rings. The van der Waals surface area contributed by atoms with E-state index in [0.29, 0.717) is 12.5 Å². The van der Waals surface area contributed by atoms with Crippen molar-refractivity contribution < 1.29 is 4.79 Å². The number of likely N-dealkylation sites (N-methyl/N-ethyl adjacent to an activating group) is 1. The highest BCUT2D eigenvalue weighted by Crippen LogP contribution is 2.15. The van der Waals surface area contributed by atoms with Gasteiger partial charge in [0.1, 0.15) is 0 Å². The van der Waals surface area contributed by atoms with Crippen molar-refractivity contribution in [3.63, 3.8) is 0 Å². The van der Waals surface area contributed by atoms with Gasteiger partial charge in [-0.15, -0.1) is 11.8 Å². The first-order chi connectivity index (χ1) is 13.5. The van der Waals surface area contributed by atoms with Crippen LogP contribution in [0.15, 0.2) is 46.4 Å². The largest absolute Gasteiger partial charge is 0.356 e. The summed E-state index contributed by atoms with van der Waals surface area (Å²) in [5, 5.41) is 10.9. The molecule has 0 bridgehead atoms. The Kier molecular flexibility index (Phi) is 8.87. The Morgan fingerprint density at radius 3 is 2.68 bits per heavy atom. The van der Waals surface area contributed by atoms with E-state index in [2.05, 4.69) is 39.8 Å². The molecule has 8 heteroatoms. The number of carbonyl (C=O) groups excluding carboxylic acids is 1. The number of aliphatic imine (C=N–C) groups is 1. The molecule has 7 nitrogen and oxygen atoms in total. The third-order valence-electron chi connectivity index (χ3n) is 4.05. The van der Waals surface area contributed by atoms with E-state index in [1.165, 1.54) is 4.90 Å². The Balaban J connectivity index is 1.94. The minimum Gasteiger partial charge on any atom is -0.356 e. The lowest BCUT2D eigenvalue weighted by molar-refractivity contribution is -0.127. The number of amides is 1. The first kappa shape index (κ1) is 21.8. The van der Waals surface area contributed by atoms with Crippen molar-refractivity contribution in [1.82, 2.24) is 25.3 Å². The Bertz CT molecular complexity index is 772. The van der Waals surface area contributed by atoms with Crippen LogP contribution >= 0.6 is 11.8 Å². The minimum atomic E-state index is 0.00351. The van der Waals surface area contributed by atoms with Crippen LogP contribution in [-0.2, 0) is 24.8 Å². The van der Waals surface area contributed by atoms with Gasteiger partial charge in [0.15, 0.2) is 5.96 Å². The lowest BCUT2D eigenvalue weighted by atomic mass is 10.2. The van der Waals surface area contributed by atoms with Crippen LogP contribution in [0.2, 0.25) is 0 Å². The van der Waals surface area contributed by atoms with E-state index in [1.807, 2.05) is 36.1 Å². The molecule has 0 unspecified atom stereocenters. The summed E-state index contributed by atoms with van der Waals surface area (Å²) in [5.74, 6) is 1.54. The quantitative estimate of drug-likeness (QED) is 0.290. The molecule has 152 valence electrons. The minimum absolute atomic E-state index is 0.00351. The molecule has 1 aromatic carbocycles. The number of aryl methyl sites for hydroxylation is 2. The Morgan fingerprint density at radius 1 is 1.25 bits per heavy atom. The molecule has 2 N–H and O–H groups in total. The molecule has 0 radical (unpaired) electrons. The molecular weight excluding hydrogens is 372 g/mol. The Hall–Kier alpha value is -2.48. The number of hydrogen-bond donors (Lipinski definition) is 2. The first-order valence-corrected chi connectivity index (χ1v) is 10.4. The van der Waals surface area contributed by atoms with E-state index < -0.39 is 0 Å². The number of rotatable bonds is 9. The van der Waals surface area contributed by atoms with Crippen LogP contribution in [0.4, 0.5) is 0 Å². The monoisotopic (exact) mass is 402 g/mol. The number of guanidine groups is 1. The Morgan fingerprint density at radius 2 is 2.00 bits per heavy atom. The molecular formula is C20H30N6OS. The zero-order chi connectivity index (χ0) is 20.4. The van der Waals surface area contributed by atoms with E-state index >= 15 is 0 Å². The van der Waals surface area contributed by atoms with E-state index in [-0.39, 0.29) is 12.5 Å². The van der Waals surface area contributed by atoms with Crippen LogP contribution in [0.1, 0.15) is 18.2 Å². The summed E-state index contributed by atoms with van der Waals surface area (Å²) in [4.78, 5) is 19.4. The van der Waals surface area contributed by atoms with Crippen LogP contribution in [0.25, 0.3) is 0 Å². The highest BCUT2D eigenvalue weighted by atomic mass is 32.2. The highest BCUT2D eigenvalue weighted by molar-refractivity contribution is 7.99. The third-order valence-corrected chi connectivity index (χ3v) is 5.06. The maximum atomic E-state index is 11.9. The predicted molar refractivity (Wildman–Crippen MR) is 116 cm³/mol. The summed E-state index contributed by atoms with van der Waals surface area (Å²) in [5.41, 5.74) is 2.15. The molecule has 1 amide bonds. The van der Waals surface area contributed by atoms with Gasteiger partial charge >= 0.3 is 0 Å². The number of benzene rings is 1. The maximum Gasteiger partial charge on any atom is 0.241 e. The number of carbonyl (C=O) groups is 1. The molecule has 28 heavy (non-hydrogen) atoms. The molecule has 0 aliphatic heterocycles. The average molecular weight is 403 g/mol. The van der Waals surface area contributed by atoms with Gasteiger partial charge in [-0.05, 0) is 18.6 Å². The van der Waals surface area contributed by atoms with Crippen molar-refractivity contribution in [1.29, 1.82) is 0 Å². The summed E-state index contributed by atoms with van der Waals surface area (Å²) in [6.07, 6.45) is 2.87. The average Bonchev–Trinajstić information content (AvgIpc) is 3.06. The van der Waals surface area contributed by atoms with Crippen LogP contribution in [0.3, 0.4) is 0 Å². The van der Waals surface area contributed by atoms with Gasteiger partial charge in [0, 0.05) is 50.1 Å². The zero-order valence-electron chi connectivity index (χ0n) is 17.1. The molecule has 0 spiro atoms. The summed E-state index contributed by atoms with van der Waals surface area (Å²) in [6.45, 7) is 3.56. The fourth-order valence-electron chi connectivity index (χ4n) is 2.52. The molecule has 0 aliphatic rings. The first-order valence-electron chi connectivity index (χ1n) is 9.41. The molecule has 0 fully saturated rings. The third kappa shape index (κ3) is 7.26. The van der Waals surface area contributed by atoms with Gasteiger partial charge < -0.3 is 15.5 Å². The van der Waals surface area contributed by atoms with Gasteiger partial charge in [-0.1, -0.05) is 25.1 Å². The molecule has 1 aromatic heterocycles. The number of nitrogens with one attached hydrogen (secondary N) is 2. The van der Waals surface area contributed by atoms with Gasteiger partial charge in [0.2, 0.25) is 5.91 Å². The fourth-order valence-corrected chi connectivity index (χ4v) is 3.31. The van der Waals surface area contributed by atoms with Gasteiger partial charge in [-0.2, -0.15) is 5.10 Å². The number of hydrogen-bond acceptors (Lipinski definition) is 4. The van der Waals surface area contributed by atoms with Gasteiger partial charge in [0.25, 0.3) is 0 Å². The van der Waals surface area contributed by atoms with Crippen LogP contribution < -0.4 is 10.6 Å². The second-order valence-electron chi connectivity index (χ2n) is 6.52. The SMILES string of the molecule is CCc1nn(C)cc1CN=C(NCCSc1ccccc1)NCC(=O)N(C)C. The lowest BCUT2D eigenvalue weighted by Crippen LogP contribution is -2.43. The predicted octanol–water partition coefficient (Wildman–Crippen LogP) is 1.90. The summed E-state index contributed by atoms with van der Waals surface area (Å²) in [6, 6.07) is 10.3. The van der Waals surface area contributed by atoms with Crippen LogP contribution in [0, 0.1) is 0 Å². The zero-order valence-corrected chi connectivity index (χ0v) is 17.9. The van der Waals surface area contributed by atoms with E-state index in [9.17, 15) is 4.79 Å². The van der Waals surface area contributed by atoms with Crippen LogP contribution in [0.5, 0.6) is 0 Å². The smallest absolute Gasteiger partial charge is 0.241 e. The molecule has 0 atom stereocenters. The Labute approximate surface area is 171 Å². The van der Waals surface area contributed by atoms with Crippen molar-refractivity contribution in [3.05, 3.63) is 47.8 Å². The molecule has 2 rings (SSSR count). The standard InChI is InChI=1S/C20H30N6OS/c1-5-18-16(15-26(4)24-18)13-22-20(23-14-19(27)25(2)3)21-11-12-28-17-9-7-6-8-10-17/h6-10,15H,5,11-14H2,1-4H3,(H2,21,22,23).